The fourth-order valence-corrected chi connectivity index (χ4v) is 3.91. The molecule has 0 aliphatic heterocycles. The molecular weight excluding hydrogens is 438 g/mol. The van der Waals surface area contributed by atoms with Gasteiger partial charge in [-0.3, -0.25) is 14.3 Å². The van der Waals surface area contributed by atoms with Gasteiger partial charge in [0.2, 0.25) is 0 Å². The van der Waals surface area contributed by atoms with E-state index in [4.69, 9.17) is 11.6 Å². The van der Waals surface area contributed by atoms with E-state index in [2.05, 4.69) is 17.0 Å². The van der Waals surface area contributed by atoms with Crippen LogP contribution in [0.2, 0.25) is 5.02 Å². The van der Waals surface area contributed by atoms with Crippen molar-refractivity contribution in [3.05, 3.63) is 99.6 Å². The number of nitrogens with one attached hydrogen (secondary N) is 1. The van der Waals surface area contributed by atoms with Crippen LogP contribution in [-0.4, -0.2) is 39.3 Å². The first kappa shape index (κ1) is 22.4. The highest BCUT2D eigenvalue weighted by Gasteiger charge is 2.22. The van der Waals surface area contributed by atoms with Gasteiger partial charge in [-0.1, -0.05) is 36.4 Å². The number of halogens is 1. The molecule has 7 nitrogen and oxygen atoms in total. The molecule has 0 bridgehead atoms. The smallest absolute Gasteiger partial charge is 0.254 e. The summed E-state index contributed by atoms with van der Waals surface area (Å²) < 4.78 is 3.52. The lowest BCUT2D eigenvalue weighted by Gasteiger charge is -2.25. The fourth-order valence-electron chi connectivity index (χ4n) is 3.74. The van der Waals surface area contributed by atoms with Crippen LogP contribution in [0.5, 0.6) is 0 Å². The molecule has 8 heteroatoms. The molecule has 2 aromatic carbocycles. The summed E-state index contributed by atoms with van der Waals surface area (Å²) in [6, 6.07) is 14.9. The lowest BCUT2D eigenvalue weighted by atomic mass is 10.0. The second kappa shape index (κ2) is 8.96. The Balaban J connectivity index is 1.97. The van der Waals surface area contributed by atoms with E-state index < -0.39 is 0 Å². The summed E-state index contributed by atoms with van der Waals surface area (Å²) in [5.41, 5.74) is 3.42. The molecule has 1 N–H and O–H groups in total. The molecule has 1 amide bonds. The number of rotatable bonds is 6. The molecule has 0 spiro atoms. The van der Waals surface area contributed by atoms with Crippen molar-refractivity contribution in [2.75, 3.05) is 14.1 Å². The monoisotopic (exact) mass is 461 g/mol. The Kier molecular flexibility index (Phi) is 6.07. The van der Waals surface area contributed by atoms with E-state index in [1.165, 1.54) is 6.20 Å². The number of hydrogen-bond acceptors (Lipinski definition) is 4. The first-order chi connectivity index (χ1) is 15.8. The summed E-state index contributed by atoms with van der Waals surface area (Å²) in [5, 5.41) is 7.93. The normalized spacial score (nSPS) is 10.9. The first-order valence-electron chi connectivity index (χ1n) is 10.3. The van der Waals surface area contributed by atoms with Crippen LogP contribution in [-0.2, 0) is 13.6 Å². The molecule has 0 saturated heterocycles. The minimum Gasteiger partial charge on any atom is -0.376 e. The van der Waals surface area contributed by atoms with Crippen molar-refractivity contribution in [2.45, 2.75) is 6.54 Å². The van der Waals surface area contributed by atoms with E-state index in [1.54, 1.807) is 36.1 Å². The summed E-state index contributed by atoms with van der Waals surface area (Å²) in [5.74, 6) is -0.314. The van der Waals surface area contributed by atoms with Crippen LogP contribution >= 0.6 is 11.6 Å². The summed E-state index contributed by atoms with van der Waals surface area (Å²) in [4.78, 5) is 28.2. The second-order valence-electron chi connectivity index (χ2n) is 7.92. The van der Waals surface area contributed by atoms with E-state index in [0.717, 1.165) is 5.69 Å². The molecule has 33 heavy (non-hydrogen) atoms. The summed E-state index contributed by atoms with van der Waals surface area (Å²) in [6.45, 7) is 4.27. The molecular formula is C25H24ClN5O2. The number of hydrogen-bond donors (Lipinski definition) is 1. The van der Waals surface area contributed by atoms with E-state index in [0.29, 0.717) is 38.4 Å². The van der Waals surface area contributed by atoms with Gasteiger partial charge >= 0.3 is 0 Å². The van der Waals surface area contributed by atoms with E-state index >= 15 is 0 Å². The van der Waals surface area contributed by atoms with Gasteiger partial charge in [0.25, 0.3) is 5.91 Å². The summed E-state index contributed by atoms with van der Waals surface area (Å²) in [6.07, 6.45) is 3.11. The van der Waals surface area contributed by atoms with Gasteiger partial charge in [-0.25, -0.2) is 0 Å². The van der Waals surface area contributed by atoms with Crippen LogP contribution in [0.25, 0.3) is 22.3 Å². The van der Waals surface area contributed by atoms with Gasteiger partial charge in [-0.15, -0.1) is 0 Å². The van der Waals surface area contributed by atoms with E-state index in [1.807, 2.05) is 53.9 Å². The molecule has 0 aliphatic rings. The molecule has 0 atom stereocenters. The number of amides is 1. The Bertz CT molecular complexity index is 1420. The number of aromatic nitrogens is 3. The standard InChI is InChI=1S/C25H24ClN5O2/c1-16(29(2)3)23-21(14-27-25(33)17-13-28-30(4)15-17)24(32)20-11-10-18(26)12-22(20)31(23)19-8-6-5-7-9-19/h5-13,15H,1,14H2,2-4H3,(H,27,33). The van der Waals surface area contributed by atoms with Crippen LogP contribution in [0.3, 0.4) is 0 Å². The molecule has 0 radical (unpaired) electrons. The Labute approximate surface area is 196 Å². The van der Waals surface area contributed by atoms with Crippen molar-refractivity contribution < 1.29 is 4.79 Å². The molecule has 0 unspecified atom stereocenters. The Morgan fingerprint density at radius 1 is 1.18 bits per heavy atom. The third kappa shape index (κ3) is 4.27. The SMILES string of the molecule is C=C(c1c(CNC(=O)c2cnn(C)c2)c(=O)c2ccc(Cl)cc2n1-c1ccccc1)N(C)C. The van der Waals surface area contributed by atoms with Crippen molar-refractivity contribution in [3.63, 3.8) is 0 Å². The van der Waals surface area contributed by atoms with Gasteiger partial charge in [-0.2, -0.15) is 5.10 Å². The number of benzene rings is 2. The predicted molar refractivity (Wildman–Crippen MR) is 132 cm³/mol. The van der Waals surface area contributed by atoms with Crippen molar-refractivity contribution in [1.29, 1.82) is 0 Å². The number of carbonyl (C=O) groups excluding carboxylic acids is 1. The third-order valence-electron chi connectivity index (χ3n) is 5.45. The average Bonchev–Trinajstić information content (AvgIpc) is 3.24. The lowest BCUT2D eigenvalue weighted by molar-refractivity contribution is 0.0950. The molecule has 0 saturated carbocycles. The average molecular weight is 462 g/mol. The van der Waals surface area contributed by atoms with Gasteiger partial charge in [0, 0.05) is 55.5 Å². The molecule has 0 fully saturated rings. The molecule has 168 valence electrons. The number of para-hydroxylation sites is 1. The van der Waals surface area contributed by atoms with Crippen molar-refractivity contribution in [3.8, 4) is 5.69 Å². The maximum absolute atomic E-state index is 13.6. The minimum atomic E-state index is -0.314. The van der Waals surface area contributed by atoms with E-state index in [-0.39, 0.29) is 17.9 Å². The van der Waals surface area contributed by atoms with Crippen LogP contribution < -0.4 is 10.7 Å². The van der Waals surface area contributed by atoms with Gasteiger partial charge in [0.1, 0.15) is 0 Å². The van der Waals surface area contributed by atoms with Gasteiger partial charge in [0.15, 0.2) is 5.43 Å². The zero-order valence-electron chi connectivity index (χ0n) is 18.7. The highest BCUT2D eigenvalue weighted by molar-refractivity contribution is 6.31. The maximum atomic E-state index is 13.6. The lowest BCUT2D eigenvalue weighted by Crippen LogP contribution is -2.30. The highest BCUT2D eigenvalue weighted by Crippen LogP contribution is 2.29. The summed E-state index contributed by atoms with van der Waals surface area (Å²) in [7, 11) is 5.47. The molecule has 4 rings (SSSR count). The van der Waals surface area contributed by atoms with Crippen LogP contribution in [0.1, 0.15) is 21.6 Å². The van der Waals surface area contributed by atoms with Gasteiger partial charge in [-0.05, 0) is 30.3 Å². The van der Waals surface area contributed by atoms with Crippen molar-refractivity contribution in [1.82, 2.24) is 24.6 Å². The molecule has 0 aliphatic carbocycles. The number of aryl methyl sites for hydroxylation is 1. The number of carbonyl (C=O) groups is 1. The predicted octanol–water partition coefficient (Wildman–Crippen LogP) is 3.84. The van der Waals surface area contributed by atoms with Crippen LogP contribution in [0, 0.1) is 0 Å². The van der Waals surface area contributed by atoms with Crippen molar-refractivity contribution in [2.24, 2.45) is 7.05 Å². The Morgan fingerprint density at radius 3 is 2.55 bits per heavy atom. The van der Waals surface area contributed by atoms with Gasteiger partial charge < -0.3 is 14.8 Å². The Morgan fingerprint density at radius 2 is 1.91 bits per heavy atom. The van der Waals surface area contributed by atoms with E-state index in [9.17, 15) is 9.59 Å². The van der Waals surface area contributed by atoms with Crippen LogP contribution in [0.4, 0.5) is 0 Å². The summed E-state index contributed by atoms with van der Waals surface area (Å²) >= 11 is 6.32. The third-order valence-corrected chi connectivity index (χ3v) is 5.68. The number of nitrogens with zero attached hydrogens (tertiary/aromatic N) is 4. The fraction of sp³-hybridized carbons (Fsp3) is 0.160. The number of fused-ring (bicyclic) bond motifs is 1. The maximum Gasteiger partial charge on any atom is 0.254 e. The quantitative estimate of drug-likeness (QED) is 0.473. The zero-order chi connectivity index (χ0) is 23.7. The first-order valence-corrected chi connectivity index (χ1v) is 10.7. The molecule has 2 aromatic heterocycles. The van der Waals surface area contributed by atoms with Crippen LogP contribution in [0.15, 0.2) is 72.3 Å². The number of pyridine rings is 1. The zero-order valence-corrected chi connectivity index (χ0v) is 19.4. The topological polar surface area (TPSA) is 72.2 Å². The Hall–Kier alpha value is -3.84. The molecule has 4 aromatic rings. The second-order valence-corrected chi connectivity index (χ2v) is 8.35. The highest BCUT2D eigenvalue weighted by atomic mass is 35.5. The molecule has 2 heterocycles. The van der Waals surface area contributed by atoms with Crippen molar-refractivity contribution >= 4 is 34.1 Å². The van der Waals surface area contributed by atoms with Gasteiger partial charge in [0.05, 0.1) is 28.7 Å². The largest absolute Gasteiger partial charge is 0.376 e. The minimum absolute atomic E-state index is 0.0279.